The van der Waals surface area contributed by atoms with Gasteiger partial charge in [-0.2, -0.15) is 0 Å². The zero-order valence-electron chi connectivity index (χ0n) is 10.9. The van der Waals surface area contributed by atoms with Crippen LogP contribution in [0.3, 0.4) is 0 Å². The van der Waals surface area contributed by atoms with Gasteiger partial charge in [0.25, 0.3) is 0 Å². The molecule has 0 aliphatic rings. The number of nitro groups is 1. The van der Waals surface area contributed by atoms with Crippen LogP contribution in [0, 0.1) is 10.1 Å². The Kier molecular flexibility index (Phi) is 4.10. The predicted molar refractivity (Wildman–Crippen MR) is 75.6 cm³/mol. The summed E-state index contributed by atoms with van der Waals surface area (Å²) >= 11 is 0. The molecule has 102 valence electrons. The predicted octanol–water partition coefficient (Wildman–Crippen LogP) is 3.02. The Bertz CT molecular complexity index is 691. The van der Waals surface area contributed by atoms with Crippen molar-refractivity contribution in [1.29, 1.82) is 0 Å². The third kappa shape index (κ3) is 3.00. The van der Waals surface area contributed by atoms with Crippen LogP contribution in [0.1, 0.15) is 12.5 Å². The molecule has 0 aliphatic heterocycles. The van der Waals surface area contributed by atoms with Crippen molar-refractivity contribution in [1.82, 2.24) is 0 Å². The van der Waals surface area contributed by atoms with Crippen molar-refractivity contribution in [3.63, 3.8) is 0 Å². The molecular weight excluding hydrogens is 258 g/mol. The highest BCUT2D eigenvalue weighted by molar-refractivity contribution is 5.92. The van der Waals surface area contributed by atoms with E-state index in [1.807, 2.05) is 30.3 Å². The fraction of sp³-hybridized carbons (Fsp3) is 0.133. The van der Waals surface area contributed by atoms with Crippen LogP contribution in [0.15, 0.2) is 48.2 Å². The molecule has 2 aromatic carbocycles. The minimum absolute atomic E-state index is 0.0989. The lowest BCUT2D eigenvalue weighted by molar-refractivity contribution is -0.419. The topological polar surface area (TPSA) is 69.4 Å². The highest BCUT2D eigenvalue weighted by atomic mass is 16.6. The van der Waals surface area contributed by atoms with Crippen molar-refractivity contribution in [2.75, 3.05) is 6.61 Å². The van der Waals surface area contributed by atoms with E-state index in [0.717, 1.165) is 10.8 Å². The molecule has 0 amide bonds. The van der Waals surface area contributed by atoms with E-state index in [2.05, 4.69) is 4.74 Å². The largest absolute Gasteiger partial charge is 0.458 e. The smallest absolute Gasteiger partial charge is 0.409 e. The van der Waals surface area contributed by atoms with Gasteiger partial charge in [-0.05, 0) is 29.3 Å². The Morgan fingerprint density at radius 1 is 1.25 bits per heavy atom. The van der Waals surface area contributed by atoms with Gasteiger partial charge in [0.15, 0.2) is 0 Å². The number of hydrogen-bond donors (Lipinski definition) is 0. The number of fused-ring (bicyclic) bond motifs is 1. The standard InChI is InChI=1S/C15H13NO4/c1-2-20-15(17)14(16(18)19)10-11-7-8-12-5-3-4-6-13(12)9-11/h3-10H,2H2,1H3/b14-10+. The molecule has 2 rings (SSSR count). The fourth-order valence-corrected chi connectivity index (χ4v) is 1.85. The molecule has 0 N–H and O–H groups in total. The van der Waals surface area contributed by atoms with Crippen molar-refractivity contribution >= 4 is 22.8 Å². The van der Waals surface area contributed by atoms with E-state index in [1.54, 1.807) is 19.1 Å². The third-order valence-electron chi connectivity index (χ3n) is 2.76. The molecule has 0 radical (unpaired) electrons. The number of esters is 1. The summed E-state index contributed by atoms with van der Waals surface area (Å²) in [4.78, 5) is 21.7. The van der Waals surface area contributed by atoms with Gasteiger partial charge in [0.1, 0.15) is 0 Å². The first-order valence-electron chi connectivity index (χ1n) is 6.14. The van der Waals surface area contributed by atoms with Crippen molar-refractivity contribution < 1.29 is 14.5 Å². The highest BCUT2D eigenvalue weighted by Gasteiger charge is 2.23. The van der Waals surface area contributed by atoms with Gasteiger partial charge in [-0.15, -0.1) is 0 Å². The Morgan fingerprint density at radius 3 is 2.60 bits per heavy atom. The van der Waals surface area contributed by atoms with Crippen molar-refractivity contribution in [2.24, 2.45) is 0 Å². The van der Waals surface area contributed by atoms with Gasteiger partial charge in [-0.1, -0.05) is 36.4 Å². The van der Waals surface area contributed by atoms with Crippen molar-refractivity contribution in [3.05, 3.63) is 63.8 Å². The molecule has 0 saturated heterocycles. The Morgan fingerprint density at radius 2 is 1.95 bits per heavy atom. The first-order valence-corrected chi connectivity index (χ1v) is 6.14. The van der Waals surface area contributed by atoms with Crippen LogP contribution in [-0.2, 0) is 9.53 Å². The van der Waals surface area contributed by atoms with E-state index in [0.29, 0.717) is 5.56 Å². The second-order valence-electron chi connectivity index (χ2n) is 4.11. The molecule has 0 atom stereocenters. The van der Waals surface area contributed by atoms with E-state index < -0.39 is 16.6 Å². The van der Waals surface area contributed by atoms with Crippen LogP contribution in [-0.4, -0.2) is 17.5 Å². The Balaban J connectivity index is 2.42. The van der Waals surface area contributed by atoms with Crippen molar-refractivity contribution in [2.45, 2.75) is 6.92 Å². The number of carbonyl (C=O) groups excluding carboxylic acids is 1. The molecule has 0 bridgehead atoms. The minimum Gasteiger partial charge on any atom is -0.458 e. The number of carbonyl (C=O) groups is 1. The average molecular weight is 271 g/mol. The summed E-state index contributed by atoms with van der Waals surface area (Å²) in [5.41, 5.74) is 0.0191. The van der Waals surface area contributed by atoms with Gasteiger partial charge in [0, 0.05) is 6.08 Å². The molecule has 0 heterocycles. The number of hydrogen-bond acceptors (Lipinski definition) is 4. The van der Waals surface area contributed by atoms with E-state index in [4.69, 9.17) is 0 Å². The number of nitrogens with zero attached hydrogens (tertiary/aromatic N) is 1. The number of rotatable bonds is 4. The van der Waals surface area contributed by atoms with E-state index in [1.165, 1.54) is 6.08 Å². The van der Waals surface area contributed by atoms with Crippen LogP contribution in [0.25, 0.3) is 16.8 Å². The average Bonchev–Trinajstić information content (AvgIpc) is 2.44. The number of ether oxygens (including phenoxy) is 1. The van der Waals surface area contributed by atoms with Gasteiger partial charge in [0.05, 0.1) is 11.5 Å². The molecule has 0 saturated carbocycles. The third-order valence-corrected chi connectivity index (χ3v) is 2.76. The summed E-state index contributed by atoms with van der Waals surface area (Å²) in [7, 11) is 0. The lowest BCUT2D eigenvalue weighted by atomic mass is 10.1. The monoisotopic (exact) mass is 271 g/mol. The van der Waals surface area contributed by atoms with E-state index >= 15 is 0 Å². The normalized spacial score (nSPS) is 11.3. The maximum Gasteiger partial charge on any atom is 0.409 e. The Labute approximate surface area is 115 Å². The highest BCUT2D eigenvalue weighted by Crippen LogP contribution is 2.18. The zero-order valence-corrected chi connectivity index (χ0v) is 10.9. The molecule has 0 spiro atoms. The van der Waals surface area contributed by atoms with Gasteiger partial charge < -0.3 is 4.74 Å². The second-order valence-corrected chi connectivity index (χ2v) is 4.11. The SMILES string of the molecule is CCOC(=O)/C(=C\c1ccc2ccccc2c1)[N+](=O)[O-]. The molecule has 0 aliphatic carbocycles. The first kappa shape index (κ1) is 13.7. The van der Waals surface area contributed by atoms with Gasteiger partial charge >= 0.3 is 11.7 Å². The van der Waals surface area contributed by atoms with Gasteiger partial charge in [-0.25, -0.2) is 4.79 Å². The second kappa shape index (κ2) is 5.97. The van der Waals surface area contributed by atoms with Crippen LogP contribution < -0.4 is 0 Å². The summed E-state index contributed by atoms with van der Waals surface area (Å²) in [5.74, 6) is -0.925. The van der Waals surface area contributed by atoms with Crippen LogP contribution >= 0.6 is 0 Å². The minimum atomic E-state index is -0.925. The molecule has 5 nitrogen and oxygen atoms in total. The lowest BCUT2D eigenvalue weighted by Crippen LogP contribution is -2.14. The quantitative estimate of drug-likeness (QED) is 0.371. The number of benzene rings is 2. The van der Waals surface area contributed by atoms with E-state index in [9.17, 15) is 14.9 Å². The van der Waals surface area contributed by atoms with Crippen LogP contribution in [0.5, 0.6) is 0 Å². The maximum absolute atomic E-state index is 11.5. The van der Waals surface area contributed by atoms with Crippen LogP contribution in [0.4, 0.5) is 0 Å². The fourth-order valence-electron chi connectivity index (χ4n) is 1.85. The molecule has 0 aromatic heterocycles. The van der Waals surface area contributed by atoms with Gasteiger partial charge in [-0.3, -0.25) is 10.1 Å². The molecule has 2 aromatic rings. The summed E-state index contributed by atoms with van der Waals surface area (Å²) in [6, 6.07) is 13.0. The molecule has 0 unspecified atom stereocenters. The van der Waals surface area contributed by atoms with Crippen LogP contribution in [0.2, 0.25) is 0 Å². The summed E-state index contributed by atoms with van der Waals surface area (Å²) in [5, 5.41) is 12.9. The summed E-state index contributed by atoms with van der Waals surface area (Å²) < 4.78 is 4.68. The molecule has 0 fully saturated rings. The maximum atomic E-state index is 11.5. The molecule has 20 heavy (non-hydrogen) atoms. The lowest BCUT2D eigenvalue weighted by Gasteiger charge is -2.01. The molecular formula is C15H13NO4. The Hall–Kier alpha value is -2.69. The van der Waals surface area contributed by atoms with Crippen molar-refractivity contribution in [3.8, 4) is 0 Å². The first-order chi connectivity index (χ1) is 9.61. The summed E-state index contributed by atoms with van der Waals surface area (Å²) in [6.07, 6.45) is 1.23. The van der Waals surface area contributed by atoms with E-state index in [-0.39, 0.29) is 6.61 Å². The summed E-state index contributed by atoms with van der Waals surface area (Å²) in [6.45, 7) is 1.70. The zero-order chi connectivity index (χ0) is 14.5. The molecule has 5 heteroatoms. The van der Waals surface area contributed by atoms with Gasteiger partial charge in [0.2, 0.25) is 0 Å².